The van der Waals surface area contributed by atoms with Crippen LogP contribution in [0, 0.1) is 11.8 Å². The van der Waals surface area contributed by atoms with Gasteiger partial charge in [-0.3, -0.25) is 0 Å². The highest BCUT2D eigenvalue weighted by molar-refractivity contribution is 7.89. The molecule has 3 aliphatic heterocycles. The molecule has 0 aromatic heterocycles. The predicted octanol–water partition coefficient (Wildman–Crippen LogP) is 4.53. The molecular formula is C37H46N2O10S. The number of sulfonamides is 1. The van der Waals surface area contributed by atoms with Crippen LogP contribution in [-0.2, 0) is 37.1 Å². The fourth-order valence-corrected chi connectivity index (χ4v) is 8.08. The SMILES string of the molecule is CC(C)CN(C[C@@H](O)[C@H](Cc1ccc(OCCCc2ccccc2)cc1)NC(=O)O[C@H]1CO[C@H]2OCC[C@H]21)S(=O)(=O)c1ccc2c(c1)OCO2. The Morgan fingerprint density at radius 3 is 2.54 bits per heavy atom. The van der Waals surface area contributed by atoms with E-state index in [0.29, 0.717) is 30.5 Å². The molecule has 5 atom stereocenters. The van der Waals surface area contributed by atoms with E-state index in [9.17, 15) is 18.3 Å². The van der Waals surface area contributed by atoms with E-state index in [1.54, 1.807) is 6.07 Å². The van der Waals surface area contributed by atoms with Crippen LogP contribution < -0.4 is 19.5 Å². The lowest BCUT2D eigenvalue weighted by Crippen LogP contribution is -2.51. The molecule has 13 heteroatoms. The number of fused-ring (bicyclic) bond motifs is 2. The molecule has 6 rings (SSSR count). The monoisotopic (exact) mass is 710 g/mol. The van der Waals surface area contributed by atoms with Gasteiger partial charge in [-0.05, 0) is 67.0 Å². The molecule has 2 saturated heterocycles. The molecule has 3 heterocycles. The van der Waals surface area contributed by atoms with Gasteiger partial charge in [-0.2, -0.15) is 4.31 Å². The van der Waals surface area contributed by atoms with Crippen molar-refractivity contribution in [1.29, 1.82) is 0 Å². The number of aryl methyl sites for hydroxylation is 1. The number of benzene rings is 3. The average Bonchev–Trinajstić information content (AvgIpc) is 3.86. The van der Waals surface area contributed by atoms with Crippen LogP contribution in [0.25, 0.3) is 0 Å². The van der Waals surface area contributed by atoms with Crippen molar-refractivity contribution in [3.05, 3.63) is 83.9 Å². The summed E-state index contributed by atoms with van der Waals surface area (Å²) in [6, 6.07) is 21.3. The normalized spacial score (nSPS) is 20.9. The van der Waals surface area contributed by atoms with Crippen molar-refractivity contribution in [3.8, 4) is 17.2 Å². The van der Waals surface area contributed by atoms with E-state index in [0.717, 1.165) is 24.8 Å². The molecular weight excluding hydrogens is 664 g/mol. The van der Waals surface area contributed by atoms with Crippen molar-refractivity contribution in [3.63, 3.8) is 0 Å². The maximum Gasteiger partial charge on any atom is 0.407 e. The van der Waals surface area contributed by atoms with Crippen LogP contribution >= 0.6 is 0 Å². The molecule has 0 saturated carbocycles. The number of aliphatic hydroxyl groups is 1. The zero-order valence-corrected chi connectivity index (χ0v) is 29.3. The first-order valence-corrected chi connectivity index (χ1v) is 18.6. The summed E-state index contributed by atoms with van der Waals surface area (Å²) in [5.41, 5.74) is 2.07. The van der Waals surface area contributed by atoms with E-state index in [1.807, 2.05) is 56.3 Å². The van der Waals surface area contributed by atoms with Crippen molar-refractivity contribution in [1.82, 2.24) is 9.62 Å². The zero-order valence-electron chi connectivity index (χ0n) is 28.4. The Bertz CT molecular complexity index is 1670. The number of nitrogens with one attached hydrogen (secondary N) is 1. The van der Waals surface area contributed by atoms with Crippen molar-refractivity contribution in [2.75, 3.05) is 39.7 Å². The third kappa shape index (κ3) is 9.07. The second-order valence-electron chi connectivity index (χ2n) is 13.3. The highest BCUT2D eigenvalue weighted by atomic mass is 32.2. The lowest BCUT2D eigenvalue weighted by Gasteiger charge is -2.31. The predicted molar refractivity (Wildman–Crippen MR) is 184 cm³/mol. The molecule has 12 nitrogen and oxygen atoms in total. The quantitative estimate of drug-likeness (QED) is 0.204. The minimum absolute atomic E-state index is 0.0134. The third-order valence-corrected chi connectivity index (χ3v) is 10.9. The highest BCUT2D eigenvalue weighted by Gasteiger charge is 2.44. The number of aliphatic hydroxyl groups excluding tert-OH is 1. The number of hydrogen-bond acceptors (Lipinski definition) is 10. The largest absolute Gasteiger partial charge is 0.494 e. The maximum atomic E-state index is 13.9. The summed E-state index contributed by atoms with van der Waals surface area (Å²) in [6.45, 7) is 5.00. The second kappa shape index (κ2) is 16.4. The van der Waals surface area contributed by atoms with E-state index in [1.165, 1.54) is 22.0 Å². The minimum Gasteiger partial charge on any atom is -0.494 e. The Hall–Kier alpha value is -3.88. The highest BCUT2D eigenvalue weighted by Crippen LogP contribution is 2.35. The Kier molecular flexibility index (Phi) is 11.8. The Morgan fingerprint density at radius 1 is 0.980 bits per heavy atom. The molecule has 270 valence electrons. The molecule has 0 unspecified atom stereocenters. The molecule has 3 aromatic rings. The first-order chi connectivity index (χ1) is 24.2. The third-order valence-electron chi connectivity index (χ3n) is 9.05. The van der Waals surface area contributed by atoms with Crippen molar-refractivity contribution < 1.29 is 46.7 Å². The van der Waals surface area contributed by atoms with Crippen molar-refractivity contribution in [2.24, 2.45) is 11.8 Å². The van der Waals surface area contributed by atoms with Crippen LogP contribution in [0.2, 0.25) is 0 Å². The Morgan fingerprint density at radius 2 is 1.76 bits per heavy atom. The number of carbonyl (C=O) groups is 1. The molecule has 0 spiro atoms. The first kappa shape index (κ1) is 35.9. The molecule has 2 N–H and O–H groups in total. The smallest absolute Gasteiger partial charge is 0.407 e. The van der Waals surface area contributed by atoms with Gasteiger partial charge in [0.05, 0.1) is 42.8 Å². The summed E-state index contributed by atoms with van der Waals surface area (Å²) in [4.78, 5) is 13.3. The van der Waals surface area contributed by atoms with E-state index in [2.05, 4.69) is 17.4 Å². The number of hydrogen-bond donors (Lipinski definition) is 2. The van der Waals surface area contributed by atoms with Crippen molar-refractivity contribution in [2.45, 2.75) is 69.0 Å². The topological polar surface area (TPSA) is 142 Å². The molecule has 0 aliphatic carbocycles. The molecule has 50 heavy (non-hydrogen) atoms. The van der Waals surface area contributed by atoms with Gasteiger partial charge in [0, 0.05) is 19.2 Å². The van der Waals surface area contributed by atoms with E-state index in [-0.39, 0.29) is 55.9 Å². The van der Waals surface area contributed by atoms with Crippen LogP contribution in [0.5, 0.6) is 17.2 Å². The first-order valence-electron chi connectivity index (χ1n) is 17.2. The molecule has 3 aliphatic rings. The molecule has 0 radical (unpaired) electrons. The number of rotatable bonds is 16. The standard InChI is InChI=1S/C37H46N2O10S/c1-25(2)21-39(50(42,43)29-14-15-33-34(20-29)48-24-47-33)22-32(40)31(38-37(41)49-35-23-46-36-30(35)16-18-45-36)19-27-10-12-28(13-11-27)44-17-6-9-26-7-4-3-5-8-26/h3-5,7-8,10-15,20,25,30-32,35-36,40H,6,9,16-19,21-24H2,1-2H3,(H,38,41)/t30-,31-,32+,35-,36+/m0/s1. The molecule has 0 bridgehead atoms. The van der Waals surface area contributed by atoms with Crippen LogP contribution in [-0.4, -0.2) is 88.2 Å². The van der Waals surface area contributed by atoms with E-state index >= 15 is 0 Å². The fraction of sp³-hybridized carbons (Fsp3) is 0.486. The lowest BCUT2D eigenvalue weighted by atomic mass is 10.0. The van der Waals surface area contributed by atoms with Gasteiger partial charge in [0.25, 0.3) is 0 Å². The van der Waals surface area contributed by atoms with Gasteiger partial charge in [0.1, 0.15) is 11.9 Å². The zero-order chi connectivity index (χ0) is 35.1. The van der Waals surface area contributed by atoms with Gasteiger partial charge in [0.2, 0.25) is 16.8 Å². The van der Waals surface area contributed by atoms with Gasteiger partial charge in [0.15, 0.2) is 17.8 Å². The van der Waals surface area contributed by atoms with E-state index in [4.69, 9.17) is 28.4 Å². The Labute approximate surface area is 293 Å². The summed E-state index contributed by atoms with van der Waals surface area (Å²) in [6.07, 6.45) is -0.170. The summed E-state index contributed by atoms with van der Waals surface area (Å²) in [5, 5.41) is 14.5. The van der Waals surface area contributed by atoms with Crippen molar-refractivity contribution >= 4 is 16.1 Å². The number of carbonyl (C=O) groups excluding carboxylic acids is 1. The maximum absolute atomic E-state index is 13.9. The summed E-state index contributed by atoms with van der Waals surface area (Å²) < 4.78 is 62.8. The number of amides is 1. The number of alkyl carbamates (subject to hydrolysis) is 1. The van der Waals surface area contributed by atoms with Gasteiger partial charge in [-0.1, -0.05) is 56.3 Å². The average molecular weight is 711 g/mol. The lowest BCUT2D eigenvalue weighted by molar-refractivity contribution is -0.0907. The van der Waals surface area contributed by atoms with Gasteiger partial charge in [-0.15, -0.1) is 0 Å². The fourth-order valence-electron chi connectivity index (χ4n) is 6.44. The van der Waals surface area contributed by atoms with Crippen LogP contribution in [0.3, 0.4) is 0 Å². The molecule has 1 amide bonds. The van der Waals surface area contributed by atoms with Crippen LogP contribution in [0.4, 0.5) is 4.79 Å². The molecule has 2 fully saturated rings. The van der Waals surface area contributed by atoms with Gasteiger partial charge in [-0.25, -0.2) is 13.2 Å². The van der Waals surface area contributed by atoms with E-state index < -0.39 is 34.4 Å². The summed E-state index contributed by atoms with van der Waals surface area (Å²) in [5.74, 6) is 1.41. The summed E-state index contributed by atoms with van der Waals surface area (Å²) >= 11 is 0. The van der Waals surface area contributed by atoms with Gasteiger partial charge < -0.3 is 38.8 Å². The number of ether oxygens (including phenoxy) is 6. The van der Waals surface area contributed by atoms with Crippen LogP contribution in [0.15, 0.2) is 77.7 Å². The summed E-state index contributed by atoms with van der Waals surface area (Å²) in [7, 11) is -4.06. The second-order valence-corrected chi connectivity index (χ2v) is 15.2. The minimum atomic E-state index is -4.06. The number of nitrogens with zero attached hydrogens (tertiary/aromatic N) is 1. The molecule has 3 aromatic carbocycles. The Balaban J connectivity index is 1.14. The van der Waals surface area contributed by atoms with Crippen LogP contribution in [0.1, 0.15) is 37.8 Å². The van der Waals surface area contributed by atoms with Gasteiger partial charge >= 0.3 is 6.09 Å².